The lowest BCUT2D eigenvalue weighted by Gasteiger charge is -2.10. The van der Waals surface area contributed by atoms with Crippen molar-refractivity contribution in [3.8, 4) is 0 Å². The molecule has 1 heterocycles. The molecule has 0 radical (unpaired) electrons. The summed E-state index contributed by atoms with van der Waals surface area (Å²) in [5.74, 6) is 0. The minimum atomic E-state index is -4.40. The molecule has 0 aliphatic carbocycles. The Labute approximate surface area is 72.4 Å². The van der Waals surface area contributed by atoms with Crippen LogP contribution in [0.4, 0.5) is 13.2 Å². The molecule has 0 atom stereocenters. The zero-order valence-electron chi connectivity index (χ0n) is 7.12. The standard InChI is InChI=1S/C8H8F3NO/c1-4-5(2)7(13)12-3-6(4)8(9,10)11/h3H,1-2H3,(H,12,13). The first kappa shape index (κ1) is 9.83. The van der Waals surface area contributed by atoms with Crippen molar-refractivity contribution in [2.24, 2.45) is 0 Å². The van der Waals surface area contributed by atoms with Crippen molar-refractivity contribution in [3.05, 3.63) is 33.2 Å². The Balaban J connectivity index is 3.44. The van der Waals surface area contributed by atoms with Crippen LogP contribution in [0.1, 0.15) is 16.7 Å². The quantitative estimate of drug-likeness (QED) is 0.668. The predicted molar refractivity (Wildman–Crippen MR) is 41.5 cm³/mol. The van der Waals surface area contributed by atoms with Gasteiger partial charge in [-0.05, 0) is 19.4 Å². The number of aromatic amines is 1. The minimum absolute atomic E-state index is 0.0174. The van der Waals surface area contributed by atoms with Crippen LogP contribution in [0, 0.1) is 13.8 Å². The summed E-state index contributed by atoms with van der Waals surface area (Å²) in [6, 6.07) is 0. The van der Waals surface area contributed by atoms with Gasteiger partial charge >= 0.3 is 6.18 Å². The summed E-state index contributed by atoms with van der Waals surface area (Å²) in [7, 11) is 0. The molecule has 0 amide bonds. The van der Waals surface area contributed by atoms with Crippen molar-refractivity contribution in [1.82, 2.24) is 4.98 Å². The average Bonchev–Trinajstić information content (AvgIpc) is 1.98. The van der Waals surface area contributed by atoms with Gasteiger partial charge in [-0.2, -0.15) is 13.2 Å². The fraction of sp³-hybridized carbons (Fsp3) is 0.375. The van der Waals surface area contributed by atoms with Crippen molar-refractivity contribution >= 4 is 0 Å². The van der Waals surface area contributed by atoms with Gasteiger partial charge in [0.2, 0.25) is 0 Å². The maximum atomic E-state index is 12.2. The van der Waals surface area contributed by atoms with Gasteiger partial charge in [0.15, 0.2) is 0 Å². The molecular weight excluding hydrogens is 183 g/mol. The van der Waals surface area contributed by atoms with Crippen molar-refractivity contribution in [2.75, 3.05) is 0 Å². The first-order chi connectivity index (χ1) is 5.84. The van der Waals surface area contributed by atoms with Crippen molar-refractivity contribution in [2.45, 2.75) is 20.0 Å². The third-order valence-corrected chi connectivity index (χ3v) is 1.96. The van der Waals surface area contributed by atoms with Gasteiger partial charge in [-0.1, -0.05) is 0 Å². The van der Waals surface area contributed by atoms with Crippen LogP contribution >= 0.6 is 0 Å². The number of rotatable bonds is 0. The molecule has 0 spiro atoms. The van der Waals surface area contributed by atoms with Gasteiger partial charge in [0, 0.05) is 11.8 Å². The van der Waals surface area contributed by atoms with E-state index in [-0.39, 0.29) is 11.1 Å². The average molecular weight is 191 g/mol. The van der Waals surface area contributed by atoms with Crippen molar-refractivity contribution < 1.29 is 13.2 Å². The van der Waals surface area contributed by atoms with Crippen LogP contribution in [0.5, 0.6) is 0 Å². The minimum Gasteiger partial charge on any atom is -0.328 e. The molecule has 0 unspecified atom stereocenters. The first-order valence-electron chi connectivity index (χ1n) is 3.60. The lowest BCUT2D eigenvalue weighted by molar-refractivity contribution is -0.138. The SMILES string of the molecule is Cc1c(C(F)(F)F)c[nH]c(=O)c1C. The third kappa shape index (κ3) is 1.74. The Hall–Kier alpha value is -1.26. The van der Waals surface area contributed by atoms with Gasteiger partial charge in [-0.25, -0.2) is 0 Å². The highest BCUT2D eigenvalue weighted by Gasteiger charge is 2.33. The van der Waals surface area contributed by atoms with E-state index in [0.29, 0.717) is 6.20 Å². The van der Waals surface area contributed by atoms with Crippen molar-refractivity contribution in [1.29, 1.82) is 0 Å². The van der Waals surface area contributed by atoms with E-state index >= 15 is 0 Å². The molecule has 1 aromatic rings. The molecule has 5 heteroatoms. The van der Waals surface area contributed by atoms with E-state index in [2.05, 4.69) is 0 Å². The van der Waals surface area contributed by atoms with Gasteiger partial charge in [-0.3, -0.25) is 4.79 Å². The second-order valence-electron chi connectivity index (χ2n) is 2.78. The summed E-state index contributed by atoms with van der Waals surface area (Å²) in [4.78, 5) is 12.9. The molecule has 2 nitrogen and oxygen atoms in total. The molecule has 72 valence electrons. The van der Waals surface area contributed by atoms with E-state index in [0.717, 1.165) is 0 Å². The van der Waals surface area contributed by atoms with Crippen LogP contribution in [-0.2, 0) is 6.18 Å². The first-order valence-corrected chi connectivity index (χ1v) is 3.60. The van der Waals surface area contributed by atoms with E-state index in [9.17, 15) is 18.0 Å². The summed E-state index contributed by atoms with van der Waals surface area (Å²) in [6.45, 7) is 2.65. The molecular formula is C8H8F3NO. The lowest BCUT2D eigenvalue weighted by Crippen LogP contribution is -2.17. The largest absolute Gasteiger partial charge is 0.418 e. The molecule has 0 aromatic carbocycles. The number of aromatic nitrogens is 1. The number of nitrogens with one attached hydrogen (secondary N) is 1. The van der Waals surface area contributed by atoms with Crippen LogP contribution in [-0.4, -0.2) is 4.98 Å². The molecule has 0 fully saturated rings. The number of alkyl halides is 3. The fourth-order valence-corrected chi connectivity index (χ4v) is 1.02. The zero-order valence-corrected chi connectivity index (χ0v) is 7.12. The van der Waals surface area contributed by atoms with Crippen LogP contribution in [0.25, 0.3) is 0 Å². The van der Waals surface area contributed by atoms with E-state index in [1.165, 1.54) is 13.8 Å². The second kappa shape index (κ2) is 2.90. The topological polar surface area (TPSA) is 32.9 Å². The maximum Gasteiger partial charge on any atom is 0.418 e. The number of halogens is 3. The molecule has 1 aromatic heterocycles. The number of hydrogen-bond acceptors (Lipinski definition) is 1. The molecule has 0 bridgehead atoms. The highest BCUT2D eigenvalue weighted by Crippen LogP contribution is 2.31. The zero-order chi connectivity index (χ0) is 10.2. The second-order valence-corrected chi connectivity index (χ2v) is 2.78. The molecule has 0 aliphatic rings. The molecule has 1 N–H and O–H groups in total. The fourth-order valence-electron chi connectivity index (χ4n) is 1.02. The normalized spacial score (nSPS) is 11.8. The van der Waals surface area contributed by atoms with E-state index in [1.807, 2.05) is 4.98 Å². The number of H-pyrrole nitrogens is 1. The predicted octanol–water partition coefficient (Wildman–Crippen LogP) is 2.01. The number of hydrogen-bond donors (Lipinski definition) is 1. The molecule has 0 saturated heterocycles. The van der Waals surface area contributed by atoms with Crippen LogP contribution in [0.3, 0.4) is 0 Å². The summed E-state index contributed by atoms with van der Waals surface area (Å²) in [5.41, 5.74) is -1.18. The third-order valence-electron chi connectivity index (χ3n) is 1.96. The smallest absolute Gasteiger partial charge is 0.328 e. The van der Waals surface area contributed by atoms with Crippen LogP contribution < -0.4 is 5.56 Å². The summed E-state index contributed by atoms with van der Waals surface area (Å²) < 4.78 is 36.7. The van der Waals surface area contributed by atoms with Crippen LogP contribution in [0.15, 0.2) is 11.0 Å². The Morgan fingerprint density at radius 1 is 1.23 bits per heavy atom. The summed E-state index contributed by atoms with van der Waals surface area (Å²) in [5, 5.41) is 0. The van der Waals surface area contributed by atoms with E-state index in [4.69, 9.17) is 0 Å². The molecule has 1 rings (SSSR count). The highest BCUT2D eigenvalue weighted by molar-refractivity contribution is 5.31. The Morgan fingerprint density at radius 3 is 2.23 bits per heavy atom. The van der Waals surface area contributed by atoms with Gasteiger partial charge in [0.25, 0.3) is 5.56 Å². The monoisotopic (exact) mass is 191 g/mol. The highest BCUT2D eigenvalue weighted by atomic mass is 19.4. The molecule has 13 heavy (non-hydrogen) atoms. The molecule has 0 aliphatic heterocycles. The maximum absolute atomic E-state index is 12.2. The molecule has 0 saturated carbocycles. The summed E-state index contributed by atoms with van der Waals surface area (Å²) >= 11 is 0. The van der Waals surface area contributed by atoms with Gasteiger partial charge < -0.3 is 4.98 Å². The van der Waals surface area contributed by atoms with Crippen LogP contribution in [0.2, 0.25) is 0 Å². The summed E-state index contributed by atoms with van der Waals surface area (Å²) in [6.07, 6.45) is -3.70. The Bertz CT molecular complexity index is 378. The van der Waals surface area contributed by atoms with Gasteiger partial charge in [0.05, 0.1) is 5.56 Å². The van der Waals surface area contributed by atoms with Gasteiger partial charge in [0.1, 0.15) is 0 Å². The lowest BCUT2D eigenvalue weighted by atomic mass is 10.1. The van der Waals surface area contributed by atoms with E-state index in [1.54, 1.807) is 0 Å². The Morgan fingerprint density at radius 2 is 1.77 bits per heavy atom. The Kier molecular flexibility index (Phi) is 2.19. The van der Waals surface area contributed by atoms with Crippen molar-refractivity contribution in [3.63, 3.8) is 0 Å². The number of pyridine rings is 1. The van der Waals surface area contributed by atoms with Gasteiger partial charge in [-0.15, -0.1) is 0 Å². The van der Waals surface area contributed by atoms with E-state index < -0.39 is 17.3 Å².